The van der Waals surface area contributed by atoms with E-state index in [0.717, 1.165) is 53.8 Å². The molecule has 0 aliphatic carbocycles. The molecule has 0 fully saturated rings. The van der Waals surface area contributed by atoms with Crippen LogP contribution in [0.5, 0.6) is 5.75 Å². The number of pyridine rings is 1. The molecule has 3 N–H and O–H groups in total. The summed E-state index contributed by atoms with van der Waals surface area (Å²) in [6.07, 6.45) is 8.28. The largest absolute Gasteiger partial charge is 0.489 e. The number of fused-ring (bicyclic) bond motifs is 1. The second kappa shape index (κ2) is 14.2. The lowest BCUT2D eigenvalue weighted by molar-refractivity contribution is -0.119. The van der Waals surface area contributed by atoms with Crippen molar-refractivity contribution in [1.82, 2.24) is 14.6 Å². The Morgan fingerprint density at radius 3 is 2.82 bits per heavy atom. The molecule has 2 heterocycles. The van der Waals surface area contributed by atoms with Gasteiger partial charge in [0.15, 0.2) is 0 Å². The fraction of sp³-hybridized carbons (Fsp3) is 0.500. The Balaban J connectivity index is 1.86. The number of aryl methyl sites for hydroxylation is 1. The summed E-state index contributed by atoms with van der Waals surface area (Å²) in [5.74, 6) is 5.66. The number of carbonyl (C=O) groups excluding carboxylic acids is 1. The number of aromatic nitrogens is 1. The summed E-state index contributed by atoms with van der Waals surface area (Å²) in [6.45, 7) is 8.93. The summed E-state index contributed by atoms with van der Waals surface area (Å²) < 4.78 is 31.7. The molecule has 212 valence electrons. The lowest BCUT2D eigenvalue weighted by atomic mass is 9.88. The molecule has 11 heteroatoms. The van der Waals surface area contributed by atoms with Crippen LogP contribution in [-0.4, -0.2) is 61.6 Å². The summed E-state index contributed by atoms with van der Waals surface area (Å²) in [5.41, 5.74) is 4.92. The Kier molecular flexibility index (Phi) is 11.0. The summed E-state index contributed by atoms with van der Waals surface area (Å²) in [6, 6.07) is 8.12. The topological polar surface area (TPSA) is 139 Å². The molecule has 1 unspecified atom stereocenters. The number of nitrogens with two attached hydrogens (primary N) is 1. The maximum atomic E-state index is 12.6. The molecular formula is C28H40N6O4S. The van der Waals surface area contributed by atoms with Crippen LogP contribution in [0.4, 0.5) is 0 Å². The molecule has 2 aromatic rings. The number of nitrogens with zero attached hydrogens (tertiary/aromatic N) is 4. The van der Waals surface area contributed by atoms with Crippen LogP contribution >= 0.6 is 0 Å². The highest BCUT2D eigenvalue weighted by Crippen LogP contribution is 2.30. The monoisotopic (exact) mass is 556 g/mol. The van der Waals surface area contributed by atoms with Crippen LogP contribution in [0.25, 0.3) is 0 Å². The van der Waals surface area contributed by atoms with Gasteiger partial charge in [0.05, 0.1) is 12.0 Å². The summed E-state index contributed by atoms with van der Waals surface area (Å²) in [5, 5.41) is 3.83. The molecule has 1 aliphatic rings. The summed E-state index contributed by atoms with van der Waals surface area (Å²) >= 11 is 0. The molecule has 0 saturated heterocycles. The first-order valence-electron chi connectivity index (χ1n) is 13.3. The minimum atomic E-state index is -3.66. The van der Waals surface area contributed by atoms with Crippen molar-refractivity contribution < 1.29 is 17.9 Å². The van der Waals surface area contributed by atoms with E-state index >= 15 is 0 Å². The predicted octanol–water partition coefficient (Wildman–Crippen LogP) is 3.30. The number of ether oxygens (including phenoxy) is 1. The van der Waals surface area contributed by atoms with E-state index in [-0.39, 0.29) is 18.4 Å². The van der Waals surface area contributed by atoms with Gasteiger partial charge in [-0.1, -0.05) is 25.1 Å². The van der Waals surface area contributed by atoms with Crippen LogP contribution in [0, 0.1) is 6.92 Å². The summed E-state index contributed by atoms with van der Waals surface area (Å²) in [7, 11) is -3.66. The molecular weight excluding hydrogens is 516 g/mol. The number of sulfonamides is 1. The Morgan fingerprint density at radius 1 is 1.33 bits per heavy atom. The van der Waals surface area contributed by atoms with E-state index in [2.05, 4.69) is 50.7 Å². The van der Waals surface area contributed by atoms with Crippen molar-refractivity contribution in [3.8, 4) is 5.75 Å². The quantitative estimate of drug-likeness (QED) is 0.232. The number of nitrogens with one attached hydrogen (secondary N) is 1. The number of rotatable bonds is 12. The maximum absolute atomic E-state index is 12.6. The van der Waals surface area contributed by atoms with Gasteiger partial charge >= 0.3 is 0 Å². The second-order valence-electron chi connectivity index (χ2n) is 9.97. The fourth-order valence-corrected chi connectivity index (χ4v) is 5.18. The van der Waals surface area contributed by atoms with Crippen LogP contribution < -0.4 is 15.3 Å². The Bertz CT molecular complexity index is 1290. The third-order valence-electron chi connectivity index (χ3n) is 6.77. The molecule has 0 bridgehead atoms. The molecule has 1 aliphatic heterocycles. The molecule has 1 aromatic heterocycles. The van der Waals surface area contributed by atoms with Crippen LogP contribution in [0.1, 0.15) is 67.7 Å². The van der Waals surface area contributed by atoms with Crippen molar-refractivity contribution in [2.75, 3.05) is 19.3 Å². The number of hydrogen-bond donors (Lipinski definition) is 2. The van der Waals surface area contributed by atoms with E-state index in [9.17, 15) is 13.2 Å². The van der Waals surface area contributed by atoms with Crippen molar-refractivity contribution in [2.45, 2.75) is 71.6 Å². The van der Waals surface area contributed by atoms with E-state index in [0.29, 0.717) is 31.6 Å². The molecule has 0 radical (unpaired) electrons. The van der Waals surface area contributed by atoms with Gasteiger partial charge in [-0.3, -0.25) is 24.4 Å². The molecule has 1 amide bonds. The van der Waals surface area contributed by atoms with E-state index in [4.69, 9.17) is 10.6 Å². The Labute approximate surface area is 231 Å². The Morgan fingerprint density at radius 2 is 2.13 bits per heavy atom. The zero-order chi connectivity index (χ0) is 28.4. The van der Waals surface area contributed by atoms with Crippen LogP contribution in [0.15, 0.2) is 46.8 Å². The number of carbonyl (C=O) groups is 1. The van der Waals surface area contributed by atoms with E-state index in [1.165, 1.54) is 0 Å². The molecule has 2 atom stereocenters. The van der Waals surface area contributed by atoms with E-state index in [1.54, 1.807) is 12.4 Å². The van der Waals surface area contributed by atoms with Crippen molar-refractivity contribution in [3.63, 3.8) is 0 Å². The minimum absolute atomic E-state index is 0.0207. The van der Waals surface area contributed by atoms with Gasteiger partial charge in [-0.15, -0.1) is 0 Å². The van der Waals surface area contributed by atoms with Crippen LogP contribution in [-0.2, 0) is 27.9 Å². The second-order valence-corrected chi connectivity index (χ2v) is 11.7. The third-order valence-corrected chi connectivity index (χ3v) is 7.37. The number of hydrogen-bond acceptors (Lipinski definition) is 9. The van der Waals surface area contributed by atoms with Crippen molar-refractivity contribution in [2.24, 2.45) is 15.9 Å². The first kappa shape index (κ1) is 30.2. The van der Waals surface area contributed by atoms with Gasteiger partial charge < -0.3 is 10.6 Å². The van der Waals surface area contributed by atoms with Gasteiger partial charge in [0, 0.05) is 56.8 Å². The molecule has 3 rings (SSSR count). The highest BCUT2D eigenvalue weighted by Gasteiger charge is 2.24. The highest BCUT2D eigenvalue weighted by molar-refractivity contribution is 7.89. The van der Waals surface area contributed by atoms with Crippen molar-refractivity contribution in [3.05, 3.63) is 58.9 Å². The van der Waals surface area contributed by atoms with Crippen LogP contribution in [0.2, 0.25) is 0 Å². The molecule has 39 heavy (non-hydrogen) atoms. The SMILES string of the molecule is CCN=CC(CCC(CC(=O)NS(C)(=O)=O)c1ccc(C)c(CN2Cc3cnccc3O[C@H](CC)C2)c1)=NN. The fourth-order valence-electron chi connectivity index (χ4n) is 4.69. The minimum Gasteiger partial charge on any atom is -0.489 e. The van der Waals surface area contributed by atoms with Crippen molar-refractivity contribution in [1.29, 1.82) is 0 Å². The standard InChI is InChI=1S/C28H40N6O4S/c1-5-26-19-34(18-24-15-31-12-11-27(24)38-26)17-23-13-21(8-7-20(23)3)22(14-28(35)33-39(4,36)37)9-10-25(32-29)16-30-6-2/h7-8,11-13,15-16,22,26H,5-6,9-10,14,17-19,29H2,1-4H3,(H,33,35)/t22?,26-/m1/s1. The van der Waals surface area contributed by atoms with E-state index in [1.807, 2.05) is 25.3 Å². The average molecular weight is 557 g/mol. The highest BCUT2D eigenvalue weighted by atomic mass is 32.2. The van der Waals surface area contributed by atoms with E-state index < -0.39 is 15.9 Å². The van der Waals surface area contributed by atoms with Gasteiger partial charge in [-0.25, -0.2) is 8.42 Å². The number of amides is 1. The molecule has 0 spiro atoms. The van der Waals surface area contributed by atoms with Gasteiger partial charge in [-0.05, 0) is 61.8 Å². The summed E-state index contributed by atoms with van der Waals surface area (Å²) in [4.78, 5) is 23.5. The third kappa shape index (κ3) is 9.43. The predicted molar refractivity (Wildman–Crippen MR) is 154 cm³/mol. The zero-order valence-electron chi connectivity index (χ0n) is 23.3. The lowest BCUT2D eigenvalue weighted by Gasteiger charge is -2.25. The average Bonchev–Trinajstić information content (AvgIpc) is 3.07. The number of hydrazone groups is 1. The smallest absolute Gasteiger partial charge is 0.234 e. The van der Waals surface area contributed by atoms with Gasteiger partial charge in [0.1, 0.15) is 11.9 Å². The van der Waals surface area contributed by atoms with Gasteiger partial charge in [0.25, 0.3) is 0 Å². The molecule has 0 saturated carbocycles. The van der Waals surface area contributed by atoms with Crippen molar-refractivity contribution >= 4 is 27.9 Å². The lowest BCUT2D eigenvalue weighted by Crippen LogP contribution is -2.32. The maximum Gasteiger partial charge on any atom is 0.234 e. The van der Waals surface area contributed by atoms with Gasteiger partial charge in [0.2, 0.25) is 15.9 Å². The van der Waals surface area contributed by atoms with Gasteiger partial charge in [-0.2, -0.15) is 5.10 Å². The Hall–Kier alpha value is -3.31. The number of aliphatic imine (C=N–C) groups is 1. The molecule has 1 aromatic carbocycles. The molecule has 10 nitrogen and oxygen atoms in total. The van der Waals surface area contributed by atoms with Crippen LogP contribution in [0.3, 0.4) is 0 Å². The normalized spacial score (nSPS) is 17.3. The number of benzene rings is 1. The first-order chi connectivity index (χ1) is 18.6. The zero-order valence-corrected chi connectivity index (χ0v) is 24.1. The first-order valence-corrected chi connectivity index (χ1v) is 15.2.